The first-order chi connectivity index (χ1) is 8.14. The molecule has 5 nitrogen and oxygen atoms in total. The van der Waals surface area contributed by atoms with Crippen LogP contribution in [0.2, 0.25) is 0 Å². The van der Waals surface area contributed by atoms with Crippen molar-refractivity contribution in [1.82, 2.24) is 9.71 Å². The fourth-order valence-corrected chi connectivity index (χ4v) is 2.55. The predicted octanol–water partition coefficient (Wildman–Crippen LogP) is 0.282. The van der Waals surface area contributed by atoms with E-state index in [-0.39, 0.29) is 5.75 Å². The van der Waals surface area contributed by atoms with Crippen LogP contribution in [0, 0.1) is 0 Å². The quantitative estimate of drug-likeness (QED) is 0.655. The van der Waals surface area contributed by atoms with Gasteiger partial charge in [-0.25, -0.2) is 13.1 Å². The molecule has 1 heterocycles. The smallest absolute Gasteiger partial charge is 0.211 e. The number of sulfonamides is 1. The summed E-state index contributed by atoms with van der Waals surface area (Å²) in [4.78, 5) is 3.90. The number of hydrogen-bond acceptors (Lipinski definition) is 4. The van der Waals surface area contributed by atoms with Crippen molar-refractivity contribution in [2.45, 2.75) is 19.3 Å². The normalized spacial score (nSPS) is 11.6. The molecule has 0 aliphatic heterocycles. The van der Waals surface area contributed by atoms with Crippen molar-refractivity contribution >= 4 is 10.0 Å². The predicted molar refractivity (Wildman–Crippen MR) is 68.0 cm³/mol. The highest BCUT2D eigenvalue weighted by Crippen LogP contribution is 1.98. The zero-order valence-corrected chi connectivity index (χ0v) is 10.6. The standard InChI is InChI=1S/C11H19N3O2S/c12-6-1-2-10-17(15,16)14-9-5-11-3-7-13-8-4-11/h3-4,7-8,14H,1-2,5-6,9-10,12H2. The minimum absolute atomic E-state index is 0.153. The molecule has 0 atom stereocenters. The highest BCUT2D eigenvalue weighted by Gasteiger charge is 2.08. The van der Waals surface area contributed by atoms with E-state index in [0.717, 1.165) is 12.0 Å². The SMILES string of the molecule is NCCCCS(=O)(=O)NCCc1ccncc1. The van der Waals surface area contributed by atoms with Crippen molar-refractivity contribution in [1.29, 1.82) is 0 Å². The Morgan fingerprint density at radius 1 is 1.24 bits per heavy atom. The van der Waals surface area contributed by atoms with E-state index in [9.17, 15) is 8.42 Å². The number of nitrogens with zero attached hydrogens (tertiary/aromatic N) is 1. The van der Waals surface area contributed by atoms with Crippen LogP contribution in [0.3, 0.4) is 0 Å². The zero-order valence-electron chi connectivity index (χ0n) is 9.80. The minimum Gasteiger partial charge on any atom is -0.330 e. The Kier molecular flexibility index (Phi) is 6.10. The van der Waals surface area contributed by atoms with Crippen molar-refractivity contribution in [2.75, 3.05) is 18.8 Å². The molecule has 0 aliphatic rings. The summed E-state index contributed by atoms with van der Waals surface area (Å²) in [7, 11) is -3.15. The molecule has 0 saturated carbocycles. The highest BCUT2D eigenvalue weighted by molar-refractivity contribution is 7.89. The third kappa shape index (κ3) is 6.35. The molecule has 0 spiro atoms. The average Bonchev–Trinajstić information content (AvgIpc) is 2.30. The van der Waals surface area contributed by atoms with Crippen LogP contribution in [0.25, 0.3) is 0 Å². The second kappa shape index (κ2) is 7.37. The minimum atomic E-state index is -3.15. The molecule has 1 aromatic heterocycles. The maximum Gasteiger partial charge on any atom is 0.211 e. The third-order valence-electron chi connectivity index (χ3n) is 2.35. The second-order valence-electron chi connectivity index (χ2n) is 3.81. The van der Waals surface area contributed by atoms with Gasteiger partial charge in [-0.1, -0.05) is 0 Å². The van der Waals surface area contributed by atoms with E-state index >= 15 is 0 Å². The Labute approximate surface area is 102 Å². The summed E-state index contributed by atoms with van der Waals surface area (Å²) in [5, 5.41) is 0. The fourth-order valence-electron chi connectivity index (χ4n) is 1.41. The first kappa shape index (κ1) is 14.1. The molecule has 1 rings (SSSR count). The van der Waals surface area contributed by atoms with Crippen LogP contribution in [0.1, 0.15) is 18.4 Å². The molecule has 0 fully saturated rings. The molecule has 0 unspecified atom stereocenters. The third-order valence-corrected chi connectivity index (χ3v) is 3.82. The lowest BCUT2D eigenvalue weighted by atomic mass is 10.2. The number of hydrogen-bond donors (Lipinski definition) is 2. The maximum atomic E-state index is 11.5. The Morgan fingerprint density at radius 3 is 2.59 bits per heavy atom. The van der Waals surface area contributed by atoms with Crippen molar-refractivity contribution in [3.05, 3.63) is 30.1 Å². The van der Waals surface area contributed by atoms with E-state index in [1.165, 1.54) is 0 Å². The molecule has 3 N–H and O–H groups in total. The van der Waals surface area contributed by atoms with Crippen LogP contribution >= 0.6 is 0 Å². The Morgan fingerprint density at radius 2 is 1.94 bits per heavy atom. The van der Waals surface area contributed by atoms with Gasteiger partial charge in [0.15, 0.2) is 0 Å². The van der Waals surface area contributed by atoms with Gasteiger partial charge in [-0.3, -0.25) is 4.98 Å². The van der Waals surface area contributed by atoms with Gasteiger partial charge in [0.1, 0.15) is 0 Å². The lowest BCUT2D eigenvalue weighted by molar-refractivity contribution is 0.577. The van der Waals surface area contributed by atoms with E-state index in [0.29, 0.717) is 25.9 Å². The topological polar surface area (TPSA) is 85.1 Å². The summed E-state index contributed by atoms with van der Waals surface area (Å²) in [5.74, 6) is 0.153. The molecule has 1 aromatic rings. The van der Waals surface area contributed by atoms with E-state index in [2.05, 4.69) is 9.71 Å². The number of nitrogens with one attached hydrogen (secondary N) is 1. The van der Waals surface area contributed by atoms with Gasteiger partial charge < -0.3 is 5.73 Å². The van der Waals surface area contributed by atoms with E-state index in [4.69, 9.17) is 5.73 Å². The summed E-state index contributed by atoms with van der Waals surface area (Å²) in [6.07, 6.45) is 5.43. The number of pyridine rings is 1. The average molecular weight is 257 g/mol. The van der Waals surface area contributed by atoms with Gasteiger partial charge in [0.05, 0.1) is 5.75 Å². The van der Waals surface area contributed by atoms with Crippen LogP contribution in [-0.4, -0.2) is 32.2 Å². The molecule has 0 aliphatic carbocycles. The van der Waals surface area contributed by atoms with Gasteiger partial charge >= 0.3 is 0 Å². The lowest BCUT2D eigenvalue weighted by Crippen LogP contribution is -2.28. The van der Waals surface area contributed by atoms with Crippen LogP contribution in [-0.2, 0) is 16.4 Å². The summed E-state index contributed by atoms with van der Waals surface area (Å²) < 4.78 is 25.6. The van der Waals surface area contributed by atoms with Crippen LogP contribution in [0.4, 0.5) is 0 Å². The summed E-state index contributed by atoms with van der Waals surface area (Å²) >= 11 is 0. The summed E-state index contributed by atoms with van der Waals surface area (Å²) in [6.45, 7) is 0.960. The Bertz CT molecular complexity index is 406. The van der Waals surface area contributed by atoms with Crippen molar-refractivity contribution in [3.63, 3.8) is 0 Å². The number of unbranched alkanes of at least 4 members (excludes halogenated alkanes) is 1. The first-order valence-corrected chi connectivity index (χ1v) is 7.35. The number of rotatable bonds is 8. The zero-order chi connectivity index (χ0) is 12.6. The van der Waals surface area contributed by atoms with Crippen LogP contribution in [0.15, 0.2) is 24.5 Å². The first-order valence-electron chi connectivity index (χ1n) is 5.70. The Hall–Kier alpha value is -0.980. The Balaban J connectivity index is 2.26. The molecule has 96 valence electrons. The molecule has 17 heavy (non-hydrogen) atoms. The molecule has 6 heteroatoms. The molecule has 0 saturated heterocycles. The van der Waals surface area contributed by atoms with Crippen molar-refractivity contribution in [3.8, 4) is 0 Å². The van der Waals surface area contributed by atoms with Gasteiger partial charge in [-0.05, 0) is 43.5 Å². The number of nitrogens with two attached hydrogens (primary N) is 1. The maximum absolute atomic E-state index is 11.5. The molecule has 0 aromatic carbocycles. The van der Waals surface area contributed by atoms with E-state index < -0.39 is 10.0 Å². The highest BCUT2D eigenvalue weighted by atomic mass is 32.2. The van der Waals surface area contributed by atoms with E-state index in [1.807, 2.05) is 12.1 Å². The number of aromatic nitrogens is 1. The molecular weight excluding hydrogens is 238 g/mol. The molecule has 0 radical (unpaired) electrons. The van der Waals surface area contributed by atoms with Crippen molar-refractivity contribution in [2.24, 2.45) is 5.73 Å². The molecule has 0 amide bonds. The van der Waals surface area contributed by atoms with Gasteiger partial charge in [-0.15, -0.1) is 0 Å². The fraction of sp³-hybridized carbons (Fsp3) is 0.545. The monoisotopic (exact) mass is 257 g/mol. The van der Waals surface area contributed by atoms with Gasteiger partial charge in [0.2, 0.25) is 10.0 Å². The molecular formula is C11H19N3O2S. The van der Waals surface area contributed by atoms with Crippen LogP contribution in [0.5, 0.6) is 0 Å². The van der Waals surface area contributed by atoms with Gasteiger partial charge in [-0.2, -0.15) is 0 Å². The van der Waals surface area contributed by atoms with E-state index in [1.54, 1.807) is 12.4 Å². The second-order valence-corrected chi connectivity index (χ2v) is 5.74. The van der Waals surface area contributed by atoms with Crippen LogP contribution < -0.4 is 10.5 Å². The largest absolute Gasteiger partial charge is 0.330 e. The lowest BCUT2D eigenvalue weighted by Gasteiger charge is -2.06. The molecule has 0 bridgehead atoms. The van der Waals surface area contributed by atoms with Crippen molar-refractivity contribution < 1.29 is 8.42 Å². The summed E-state index contributed by atoms with van der Waals surface area (Å²) in [6, 6.07) is 3.76. The van der Waals surface area contributed by atoms with Gasteiger partial charge in [0.25, 0.3) is 0 Å². The van der Waals surface area contributed by atoms with Gasteiger partial charge in [0, 0.05) is 18.9 Å². The summed E-state index contributed by atoms with van der Waals surface area (Å²) in [5.41, 5.74) is 6.39.